The molecule has 376 valence electrons. The average molecular weight is 1050 g/mol. The molecule has 6 aromatic rings. The summed E-state index contributed by atoms with van der Waals surface area (Å²) in [5.41, 5.74) is 5.51. The first-order chi connectivity index (χ1) is 34.0. The number of carboxylic acids is 2. The Morgan fingerprint density at radius 1 is 0.629 bits per heavy atom. The van der Waals surface area contributed by atoms with E-state index >= 15 is 0 Å². The molecule has 2 aromatic heterocycles. The Morgan fingerprint density at radius 2 is 1.13 bits per heavy atom. The molecular formula is C54H66BrClN4O10. The minimum Gasteiger partial charge on any atom is -0.497 e. The summed E-state index contributed by atoms with van der Waals surface area (Å²) < 4.78 is 39.0. The second-order valence-electron chi connectivity index (χ2n) is 17.5. The van der Waals surface area contributed by atoms with E-state index in [1.165, 1.54) is 45.1 Å². The molecule has 2 saturated heterocycles. The largest absolute Gasteiger partial charge is 0.497 e. The van der Waals surface area contributed by atoms with Crippen molar-refractivity contribution in [1.29, 1.82) is 0 Å². The van der Waals surface area contributed by atoms with E-state index in [2.05, 4.69) is 77.6 Å². The summed E-state index contributed by atoms with van der Waals surface area (Å²) in [6.45, 7) is 14.8. The SMILES string of the molecule is CCOCCn1cc(C2CCN(CCOc3cc(OC)ccc3C(=O)O)CC2)c2cc(Cl)ccc21.CCOCCn1cc(C2CCN(CCOc3cc(OC)ccc3C(=O)O)CC2)c2cccc(Br)c21. The Hall–Kier alpha value is -5.29. The number of aromatic carboxylic acids is 2. The average Bonchev–Trinajstić information content (AvgIpc) is 3.93. The first kappa shape index (κ1) is 52.5. The lowest BCUT2D eigenvalue weighted by Gasteiger charge is -2.31. The number of ether oxygens (including phenoxy) is 6. The van der Waals surface area contributed by atoms with Crippen molar-refractivity contribution >= 4 is 61.3 Å². The van der Waals surface area contributed by atoms with E-state index in [1.807, 2.05) is 19.9 Å². The number of piperidine rings is 2. The number of fused-ring (bicyclic) bond motifs is 2. The van der Waals surface area contributed by atoms with Gasteiger partial charge in [0.15, 0.2) is 0 Å². The molecule has 0 unspecified atom stereocenters. The van der Waals surface area contributed by atoms with E-state index in [0.717, 1.165) is 101 Å². The Bertz CT molecular complexity index is 2580. The molecule has 0 saturated carbocycles. The van der Waals surface area contributed by atoms with Gasteiger partial charge in [0.1, 0.15) is 47.3 Å². The fraction of sp³-hybridized carbons (Fsp3) is 0.444. The van der Waals surface area contributed by atoms with Crippen LogP contribution in [0.1, 0.15) is 83.2 Å². The zero-order valence-corrected chi connectivity index (χ0v) is 43.0. The van der Waals surface area contributed by atoms with E-state index in [-0.39, 0.29) is 11.1 Å². The number of likely N-dealkylation sites (tertiary alicyclic amines) is 2. The first-order valence-corrected chi connectivity index (χ1v) is 25.4. The van der Waals surface area contributed by atoms with Crippen molar-refractivity contribution in [2.45, 2.75) is 64.5 Å². The molecule has 4 aromatic carbocycles. The summed E-state index contributed by atoms with van der Waals surface area (Å²) in [6.07, 6.45) is 8.86. The topological polar surface area (TPSA) is 146 Å². The van der Waals surface area contributed by atoms with Crippen LogP contribution in [-0.2, 0) is 22.6 Å². The van der Waals surface area contributed by atoms with Gasteiger partial charge in [0.2, 0.25) is 0 Å². The maximum Gasteiger partial charge on any atom is 0.339 e. The lowest BCUT2D eigenvalue weighted by molar-refractivity contribution is 0.0680. The molecule has 2 N–H and O–H groups in total. The van der Waals surface area contributed by atoms with Crippen molar-refractivity contribution in [1.82, 2.24) is 18.9 Å². The van der Waals surface area contributed by atoms with Crippen molar-refractivity contribution in [3.63, 3.8) is 0 Å². The maximum atomic E-state index is 11.5. The molecule has 16 heteroatoms. The number of carboxylic acid groups (broad SMARTS) is 2. The van der Waals surface area contributed by atoms with Crippen LogP contribution in [0.3, 0.4) is 0 Å². The van der Waals surface area contributed by atoms with Gasteiger partial charge >= 0.3 is 11.9 Å². The minimum atomic E-state index is -1.01. The predicted octanol–water partition coefficient (Wildman–Crippen LogP) is 10.7. The van der Waals surface area contributed by atoms with Gasteiger partial charge in [-0.15, -0.1) is 0 Å². The number of hydrogen-bond donors (Lipinski definition) is 2. The van der Waals surface area contributed by atoms with Crippen LogP contribution in [-0.4, -0.2) is 134 Å². The number of carbonyl (C=O) groups is 2. The summed E-state index contributed by atoms with van der Waals surface area (Å²) in [7, 11) is 3.10. The van der Waals surface area contributed by atoms with Gasteiger partial charge in [-0.25, -0.2) is 9.59 Å². The van der Waals surface area contributed by atoms with E-state index in [0.29, 0.717) is 61.3 Å². The third-order valence-corrected chi connectivity index (χ3v) is 14.2. The van der Waals surface area contributed by atoms with Crippen molar-refractivity contribution in [2.75, 3.05) is 93.1 Å². The summed E-state index contributed by atoms with van der Waals surface area (Å²) >= 11 is 10.1. The highest BCUT2D eigenvalue weighted by molar-refractivity contribution is 9.10. The molecule has 0 atom stereocenters. The molecule has 2 aliphatic rings. The Morgan fingerprint density at radius 3 is 1.63 bits per heavy atom. The number of para-hydroxylation sites is 1. The molecule has 0 bridgehead atoms. The second-order valence-corrected chi connectivity index (χ2v) is 18.8. The van der Waals surface area contributed by atoms with Crippen molar-refractivity contribution in [3.8, 4) is 23.0 Å². The molecule has 8 rings (SSSR count). The van der Waals surface area contributed by atoms with E-state index in [1.54, 1.807) is 38.5 Å². The fourth-order valence-corrected chi connectivity index (χ4v) is 10.4. The van der Waals surface area contributed by atoms with Gasteiger partial charge in [-0.3, -0.25) is 9.80 Å². The van der Waals surface area contributed by atoms with Crippen LogP contribution in [0.25, 0.3) is 21.8 Å². The first-order valence-electron chi connectivity index (χ1n) is 24.3. The highest BCUT2D eigenvalue weighted by Gasteiger charge is 2.26. The van der Waals surface area contributed by atoms with Gasteiger partial charge in [-0.1, -0.05) is 23.7 Å². The van der Waals surface area contributed by atoms with Crippen molar-refractivity contribution in [2.24, 2.45) is 0 Å². The van der Waals surface area contributed by atoms with Crippen molar-refractivity contribution in [3.05, 3.63) is 117 Å². The minimum absolute atomic E-state index is 0.142. The summed E-state index contributed by atoms with van der Waals surface area (Å²) in [6, 6.07) is 22.1. The summed E-state index contributed by atoms with van der Waals surface area (Å²) in [4.78, 5) is 27.8. The number of rotatable bonds is 22. The van der Waals surface area contributed by atoms with Crippen molar-refractivity contribution < 1.29 is 48.2 Å². The molecule has 14 nitrogen and oxygen atoms in total. The number of aromatic nitrogens is 2. The van der Waals surface area contributed by atoms with E-state index < -0.39 is 11.9 Å². The number of benzene rings is 4. The van der Waals surface area contributed by atoms with Gasteiger partial charge < -0.3 is 47.8 Å². The third kappa shape index (κ3) is 13.4. The van der Waals surface area contributed by atoms with E-state index in [9.17, 15) is 19.8 Å². The molecule has 0 spiro atoms. The van der Waals surface area contributed by atoms with Gasteiger partial charge in [0.25, 0.3) is 0 Å². The highest BCUT2D eigenvalue weighted by atomic mass is 79.9. The molecule has 70 heavy (non-hydrogen) atoms. The fourth-order valence-electron chi connectivity index (χ4n) is 9.62. The summed E-state index contributed by atoms with van der Waals surface area (Å²) in [5.74, 6) is 0.803. The maximum absolute atomic E-state index is 11.5. The Kier molecular flexibility index (Phi) is 19.3. The molecule has 0 amide bonds. The molecule has 2 fully saturated rings. The van der Waals surface area contributed by atoms with E-state index in [4.69, 9.17) is 40.0 Å². The Labute approximate surface area is 424 Å². The molecule has 4 heterocycles. The van der Waals surface area contributed by atoms with Crippen LogP contribution in [0, 0.1) is 0 Å². The quantitative estimate of drug-likeness (QED) is 0.0624. The predicted molar refractivity (Wildman–Crippen MR) is 277 cm³/mol. The molecule has 2 aliphatic heterocycles. The van der Waals surface area contributed by atoms with Crippen LogP contribution in [0.5, 0.6) is 23.0 Å². The van der Waals surface area contributed by atoms with Crippen LogP contribution < -0.4 is 18.9 Å². The number of hydrogen-bond acceptors (Lipinski definition) is 10. The number of halogens is 2. The normalized spacial score (nSPS) is 14.9. The van der Waals surface area contributed by atoms with Crippen LogP contribution >= 0.6 is 27.5 Å². The van der Waals surface area contributed by atoms with Crippen LogP contribution in [0.4, 0.5) is 0 Å². The molecular weight excluding hydrogens is 980 g/mol. The summed E-state index contributed by atoms with van der Waals surface area (Å²) in [5, 5.41) is 22.2. The van der Waals surface area contributed by atoms with Gasteiger partial charge in [0, 0.05) is 89.7 Å². The lowest BCUT2D eigenvalue weighted by atomic mass is 9.89. The van der Waals surface area contributed by atoms with Gasteiger partial charge in [0.05, 0.1) is 33.0 Å². The Balaban J connectivity index is 0.000000206. The van der Waals surface area contributed by atoms with Crippen LogP contribution in [0.15, 0.2) is 89.7 Å². The second kappa shape index (κ2) is 25.7. The zero-order valence-electron chi connectivity index (χ0n) is 40.7. The molecule has 0 radical (unpaired) electrons. The third-order valence-electron chi connectivity index (χ3n) is 13.3. The van der Waals surface area contributed by atoms with Gasteiger partial charge in [-0.05, 0) is 153 Å². The monoisotopic (exact) mass is 1040 g/mol. The standard InChI is InChI=1S/C27H33BrN2O5.C27H33ClN2O5/c1-3-34-15-14-30-18-23(21-5-4-6-24(28)26(21)30)19-9-11-29(12-10-19)13-16-35-25-17-20(33-2)7-8-22(25)27(31)32;1-3-34-14-13-30-18-24(23-16-20(28)4-7-25(23)30)19-8-10-29(11-9-19)12-15-35-26-17-21(33-2)5-6-22(26)27(31)32/h4-8,17-19H,3,9-16H2,1-2H3,(H,31,32);4-7,16-19H,3,8-15H2,1-2H3,(H,31,32). The lowest BCUT2D eigenvalue weighted by Crippen LogP contribution is -2.35. The van der Waals surface area contributed by atoms with Gasteiger partial charge in [-0.2, -0.15) is 0 Å². The highest BCUT2D eigenvalue weighted by Crippen LogP contribution is 2.38. The molecule has 0 aliphatic carbocycles. The number of methoxy groups -OCH3 is 2. The zero-order chi connectivity index (χ0) is 49.6. The number of nitrogens with zero attached hydrogens (tertiary/aromatic N) is 4. The smallest absolute Gasteiger partial charge is 0.339 e. The van der Waals surface area contributed by atoms with Crippen LogP contribution in [0.2, 0.25) is 5.02 Å².